The maximum atomic E-state index is 11.4. The predicted octanol–water partition coefficient (Wildman–Crippen LogP) is 1.29. The number of hydrogen-bond donors (Lipinski definition) is 0. The second-order valence-electron chi connectivity index (χ2n) is 3.10. The molecule has 0 atom stereocenters. The summed E-state index contributed by atoms with van der Waals surface area (Å²) in [7, 11) is 1.68. The molecule has 0 spiro atoms. The Morgan fingerprint density at radius 1 is 1.50 bits per heavy atom. The number of rotatable bonds is 0. The topological polar surface area (TPSA) is 47.8 Å². The smallest absolute Gasteiger partial charge is 0.251 e. The lowest BCUT2D eigenvalue weighted by Gasteiger charge is -2.05. The molecule has 0 aliphatic heterocycles. The van der Waals surface area contributed by atoms with E-state index in [9.17, 15) is 4.79 Å². The van der Waals surface area contributed by atoms with Gasteiger partial charge in [0.05, 0.1) is 17.2 Å². The quantitative estimate of drug-likeness (QED) is 0.615. The van der Waals surface area contributed by atoms with Gasteiger partial charge in [-0.15, -0.1) is 0 Å². The summed E-state index contributed by atoms with van der Waals surface area (Å²) in [6, 6.07) is 1.53. The zero-order valence-electron chi connectivity index (χ0n) is 7.78. The molecule has 2 rings (SSSR count). The third-order valence-corrected chi connectivity index (χ3v) is 2.33. The zero-order valence-corrected chi connectivity index (χ0v) is 8.54. The minimum absolute atomic E-state index is 0.0686. The third kappa shape index (κ3) is 1.28. The van der Waals surface area contributed by atoms with Crippen LogP contribution in [0, 0.1) is 6.92 Å². The molecule has 0 aliphatic rings. The Morgan fingerprint density at radius 2 is 2.21 bits per heavy atom. The van der Waals surface area contributed by atoms with Crippen LogP contribution in [-0.4, -0.2) is 14.5 Å². The van der Waals surface area contributed by atoms with Crippen molar-refractivity contribution in [2.75, 3.05) is 0 Å². The Labute approximate surface area is 85.2 Å². The lowest BCUT2D eigenvalue weighted by Crippen LogP contribution is -2.17. The number of nitrogens with zero attached hydrogens (tertiary/aromatic N) is 3. The highest BCUT2D eigenvalue weighted by molar-refractivity contribution is 6.28. The molecule has 2 heterocycles. The van der Waals surface area contributed by atoms with E-state index in [1.165, 1.54) is 10.6 Å². The number of pyridine rings is 1. The van der Waals surface area contributed by atoms with Crippen molar-refractivity contribution < 1.29 is 0 Å². The van der Waals surface area contributed by atoms with Gasteiger partial charge in [-0.25, -0.2) is 9.97 Å². The van der Waals surface area contributed by atoms with Gasteiger partial charge >= 0.3 is 0 Å². The first-order valence-electron chi connectivity index (χ1n) is 4.08. The summed E-state index contributed by atoms with van der Waals surface area (Å²) >= 11 is 5.67. The van der Waals surface area contributed by atoms with Crippen molar-refractivity contribution in [1.82, 2.24) is 14.5 Å². The van der Waals surface area contributed by atoms with Crippen LogP contribution < -0.4 is 5.56 Å². The Hall–Kier alpha value is -1.42. The van der Waals surface area contributed by atoms with Crippen LogP contribution in [0.5, 0.6) is 0 Å². The van der Waals surface area contributed by atoms with Gasteiger partial charge in [0.15, 0.2) is 0 Å². The maximum Gasteiger partial charge on any atom is 0.251 e. The normalized spacial score (nSPS) is 10.8. The highest BCUT2D eigenvalue weighted by Gasteiger charge is 2.05. The first kappa shape index (κ1) is 9.15. The average molecular weight is 210 g/mol. The van der Waals surface area contributed by atoms with Crippen LogP contribution in [0.15, 0.2) is 17.1 Å². The highest BCUT2D eigenvalue weighted by atomic mass is 35.5. The number of hydrogen-bond acceptors (Lipinski definition) is 3. The molecule has 72 valence electrons. The van der Waals surface area contributed by atoms with Gasteiger partial charge in [-0.3, -0.25) is 4.79 Å². The maximum absolute atomic E-state index is 11.4. The van der Waals surface area contributed by atoms with Crippen molar-refractivity contribution in [2.24, 2.45) is 7.05 Å². The van der Waals surface area contributed by atoms with E-state index < -0.39 is 0 Å². The minimum atomic E-state index is -0.0686. The second-order valence-corrected chi connectivity index (χ2v) is 3.44. The SMILES string of the molecule is Cc1cc(=O)n(C)c2cnc(Cl)nc12. The summed E-state index contributed by atoms with van der Waals surface area (Å²) in [4.78, 5) is 19.3. The van der Waals surface area contributed by atoms with E-state index in [1.807, 2.05) is 6.92 Å². The van der Waals surface area contributed by atoms with Gasteiger partial charge < -0.3 is 4.57 Å². The van der Waals surface area contributed by atoms with Crippen LogP contribution in [0.4, 0.5) is 0 Å². The van der Waals surface area contributed by atoms with Crippen molar-refractivity contribution in [1.29, 1.82) is 0 Å². The molecule has 2 aromatic rings. The van der Waals surface area contributed by atoms with Gasteiger partial charge in [0, 0.05) is 13.1 Å². The first-order valence-corrected chi connectivity index (χ1v) is 4.46. The van der Waals surface area contributed by atoms with Gasteiger partial charge in [-0.1, -0.05) is 0 Å². The van der Waals surface area contributed by atoms with Crippen molar-refractivity contribution in [3.05, 3.63) is 33.5 Å². The fourth-order valence-corrected chi connectivity index (χ4v) is 1.49. The summed E-state index contributed by atoms with van der Waals surface area (Å²) < 4.78 is 1.50. The van der Waals surface area contributed by atoms with Crippen molar-refractivity contribution >= 4 is 22.6 Å². The fraction of sp³-hybridized carbons (Fsp3) is 0.222. The number of halogens is 1. The van der Waals surface area contributed by atoms with E-state index in [-0.39, 0.29) is 10.8 Å². The van der Waals surface area contributed by atoms with Gasteiger partial charge in [0.25, 0.3) is 5.56 Å². The highest BCUT2D eigenvalue weighted by Crippen LogP contribution is 2.13. The Kier molecular flexibility index (Phi) is 2.00. The molecule has 4 nitrogen and oxygen atoms in total. The lowest BCUT2D eigenvalue weighted by molar-refractivity contribution is 0.894. The molecule has 0 bridgehead atoms. The lowest BCUT2D eigenvalue weighted by atomic mass is 10.2. The molecule has 0 radical (unpaired) electrons. The van der Waals surface area contributed by atoms with Crippen LogP contribution >= 0.6 is 11.6 Å². The van der Waals surface area contributed by atoms with Gasteiger partial charge in [0.1, 0.15) is 0 Å². The Bertz CT molecular complexity index is 562. The molecule has 0 aliphatic carbocycles. The summed E-state index contributed by atoms with van der Waals surface area (Å²) in [5.74, 6) is 0. The molecule has 5 heteroatoms. The van der Waals surface area contributed by atoms with Gasteiger partial charge in [-0.2, -0.15) is 0 Å². The first-order chi connectivity index (χ1) is 6.59. The van der Waals surface area contributed by atoms with Crippen LogP contribution in [0.2, 0.25) is 5.28 Å². The van der Waals surface area contributed by atoms with Crippen molar-refractivity contribution in [3.8, 4) is 0 Å². The second kappa shape index (κ2) is 3.06. The van der Waals surface area contributed by atoms with E-state index in [2.05, 4.69) is 9.97 Å². The van der Waals surface area contributed by atoms with E-state index in [1.54, 1.807) is 13.2 Å². The van der Waals surface area contributed by atoms with E-state index in [0.29, 0.717) is 11.0 Å². The average Bonchev–Trinajstić information content (AvgIpc) is 2.14. The van der Waals surface area contributed by atoms with E-state index in [0.717, 1.165) is 5.56 Å². The Morgan fingerprint density at radius 3 is 2.93 bits per heavy atom. The zero-order chi connectivity index (χ0) is 10.3. The van der Waals surface area contributed by atoms with Crippen LogP contribution in [0.25, 0.3) is 11.0 Å². The molecule has 14 heavy (non-hydrogen) atoms. The Balaban J connectivity index is 3.02. The van der Waals surface area contributed by atoms with E-state index in [4.69, 9.17) is 11.6 Å². The summed E-state index contributed by atoms with van der Waals surface area (Å²) in [6.45, 7) is 1.83. The number of aromatic nitrogens is 3. The molecule has 0 fully saturated rings. The summed E-state index contributed by atoms with van der Waals surface area (Å²) in [5.41, 5.74) is 2.15. The molecule has 2 aromatic heterocycles. The molecule has 0 aromatic carbocycles. The molecule has 0 unspecified atom stereocenters. The fourth-order valence-electron chi connectivity index (χ4n) is 1.36. The molecule has 0 amide bonds. The molecular weight excluding hydrogens is 202 g/mol. The van der Waals surface area contributed by atoms with Gasteiger partial charge in [0.2, 0.25) is 5.28 Å². The van der Waals surface area contributed by atoms with Gasteiger partial charge in [-0.05, 0) is 24.1 Å². The molecule has 0 saturated heterocycles. The van der Waals surface area contributed by atoms with Crippen molar-refractivity contribution in [3.63, 3.8) is 0 Å². The number of aryl methyl sites for hydroxylation is 2. The molecular formula is C9H8ClN3O. The van der Waals surface area contributed by atoms with Crippen molar-refractivity contribution in [2.45, 2.75) is 6.92 Å². The van der Waals surface area contributed by atoms with Crippen LogP contribution in [0.1, 0.15) is 5.56 Å². The minimum Gasteiger partial charge on any atom is -0.309 e. The summed E-state index contributed by atoms with van der Waals surface area (Å²) in [5, 5.41) is 0.194. The molecule has 0 N–H and O–H groups in total. The summed E-state index contributed by atoms with van der Waals surface area (Å²) in [6.07, 6.45) is 1.55. The largest absolute Gasteiger partial charge is 0.309 e. The monoisotopic (exact) mass is 209 g/mol. The van der Waals surface area contributed by atoms with Crippen LogP contribution in [-0.2, 0) is 7.05 Å². The third-order valence-electron chi connectivity index (χ3n) is 2.15. The predicted molar refractivity (Wildman–Crippen MR) is 54.5 cm³/mol. The number of fused-ring (bicyclic) bond motifs is 1. The van der Waals surface area contributed by atoms with E-state index >= 15 is 0 Å². The molecule has 0 saturated carbocycles. The van der Waals surface area contributed by atoms with Crippen LogP contribution in [0.3, 0.4) is 0 Å². The standard InChI is InChI=1S/C9H8ClN3O/c1-5-3-7(14)13(2)6-4-11-9(10)12-8(5)6/h3-4H,1-2H3.